The molecule has 4 atom stereocenters. The van der Waals surface area contributed by atoms with E-state index in [1.165, 1.54) is 32.1 Å². The molecule has 3 fully saturated rings. The van der Waals surface area contributed by atoms with Crippen LogP contribution in [-0.4, -0.2) is 49.1 Å². The lowest BCUT2D eigenvalue weighted by molar-refractivity contribution is -0.200. The maximum absolute atomic E-state index is 6.99. The average molecular weight is 332 g/mol. The van der Waals surface area contributed by atoms with Gasteiger partial charge in [-0.15, -0.1) is 0 Å². The Morgan fingerprint density at radius 1 is 1.21 bits per heavy atom. The van der Waals surface area contributed by atoms with Gasteiger partial charge in [-0.3, -0.25) is 4.90 Å². The minimum atomic E-state index is -0.181. The lowest BCUT2D eigenvalue weighted by atomic mass is 9.56. The number of rotatable bonds is 2. The summed E-state index contributed by atoms with van der Waals surface area (Å²) in [5.41, 5.74) is 7.10. The van der Waals surface area contributed by atoms with E-state index in [0.717, 1.165) is 32.5 Å². The van der Waals surface area contributed by atoms with E-state index >= 15 is 0 Å². The SMILES string of the molecule is [B]C1(CC)CCCCC2C(CCC3(COC3)N2C(C)C)C(C)(N)C1. The minimum Gasteiger partial charge on any atom is -0.377 e. The number of fused-ring (bicyclic) bond motifs is 1. The molecule has 2 aliphatic heterocycles. The first-order valence-corrected chi connectivity index (χ1v) is 10.2. The van der Waals surface area contributed by atoms with Crippen molar-refractivity contribution in [3.63, 3.8) is 0 Å². The van der Waals surface area contributed by atoms with E-state index in [2.05, 4.69) is 32.6 Å². The van der Waals surface area contributed by atoms with Gasteiger partial charge in [0.25, 0.3) is 0 Å². The molecule has 1 saturated carbocycles. The zero-order valence-electron chi connectivity index (χ0n) is 16.3. The fraction of sp³-hybridized carbons (Fsp3) is 1.00. The average Bonchev–Trinajstić information content (AvgIpc) is 2.52. The van der Waals surface area contributed by atoms with Crippen molar-refractivity contribution in [3.05, 3.63) is 0 Å². The molecule has 24 heavy (non-hydrogen) atoms. The van der Waals surface area contributed by atoms with Gasteiger partial charge in [0, 0.05) is 17.6 Å². The van der Waals surface area contributed by atoms with E-state index in [1.807, 2.05) is 0 Å². The Hall–Kier alpha value is -0.0551. The molecular formula is C20H37BN2O. The number of hydrogen-bond donors (Lipinski definition) is 1. The second-order valence-electron chi connectivity index (χ2n) is 9.57. The molecule has 0 bridgehead atoms. The standard InChI is InChI=1S/C20H37BN2O/c1-5-19(21)10-7-6-8-17-16(18(4,22)12-19)9-11-20(13-24-14-20)23(17)15(2)3/h15-17H,5-14,22H2,1-4H3. The number of nitrogens with two attached hydrogens (primary N) is 1. The summed E-state index contributed by atoms with van der Waals surface area (Å²) < 4.78 is 5.67. The number of hydrogen-bond acceptors (Lipinski definition) is 3. The Morgan fingerprint density at radius 2 is 1.92 bits per heavy atom. The third-order valence-corrected chi connectivity index (χ3v) is 7.30. The van der Waals surface area contributed by atoms with Gasteiger partial charge in [0.15, 0.2) is 0 Å². The van der Waals surface area contributed by atoms with Gasteiger partial charge in [-0.2, -0.15) is 0 Å². The van der Waals surface area contributed by atoms with Crippen molar-refractivity contribution in [3.8, 4) is 0 Å². The molecule has 2 heterocycles. The molecule has 0 aromatic rings. The van der Waals surface area contributed by atoms with Crippen LogP contribution in [0, 0.1) is 5.92 Å². The molecule has 3 aliphatic rings. The molecule has 0 aromatic heterocycles. The van der Waals surface area contributed by atoms with Gasteiger partial charge in [-0.05, 0) is 52.4 Å². The first-order valence-electron chi connectivity index (χ1n) is 10.2. The van der Waals surface area contributed by atoms with Crippen LogP contribution in [0.15, 0.2) is 0 Å². The third kappa shape index (κ3) is 3.19. The molecule has 1 aliphatic carbocycles. The van der Waals surface area contributed by atoms with Gasteiger partial charge in [0.2, 0.25) is 0 Å². The van der Waals surface area contributed by atoms with Crippen molar-refractivity contribution >= 4 is 7.85 Å². The lowest BCUT2D eigenvalue weighted by Crippen LogP contribution is -2.72. The maximum atomic E-state index is 6.99. The molecule has 2 N–H and O–H groups in total. The van der Waals surface area contributed by atoms with Crippen molar-refractivity contribution in [2.75, 3.05) is 13.2 Å². The summed E-state index contributed by atoms with van der Waals surface area (Å²) in [4.78, 5) is 2.80. The van der Waals surface area contributed by atoms with Gasteiger partial charge < -0.3 is 10.5 Å². The third-order valence-electron chi connectivity index (χ3n) is 7.30. The van der Waals surface area contributed by atoms with Gasteiger partial charge in [0.05, 0.1) is 26.6 Å². The number of ether oxygens (including phenoxy) is 1. The van der Waals surface area contributed by atoms with Gasteiger partial charge in [-0.25, -0.2) is 0 Å². The summed E-state index contributed by atoms with van der Waals surface area (Å²) in [6.07, 6.45) is 9.32. The van der Waals surface area contributed by atoms with E-state index < -0.39 is 0 Å². The van der Waals surface area contributed by atoms with Crippen LogP contribution >= 0.6 is 0 Å². The molecule has 0 amide bonds. The number of piperidine rings is 1. The molecular weight excluding hydrogens is 295 g/mol. The first-order chi connectivity index (χ1) is 11.2. The molecule has 136 valence electrons. The highest BCUT2D eigenvalue weighted by atomic mass is 16.5. The summed E-state index contributed by atoms with van der Waals surface area (Å²) in [6.45, 7) is 11.0. The highest BCUT2D eigenvalue weighted by Crippen LogP contribution is 2.51. The molecule has 1 spiro atoms. The van der Waals surface area contributed by atoms with Gasteiger partial charge >= 0.3 is 0 Å². The van der Waals surface area contributed by atoms with Crippen molar-refractivity contribution in [2.45, 2.75) is 108 Å². The zero-order valence-corrected chi connectivity index (χ0v) is 16.3. The van der Waals surface area contributed by atoms with Crippen molar-refractivity contribution in [2.24, 2.45) is 11.7 Å². The van der Waals surface area contributed by atoms with E-state index in [1.54, 1.807) is 0 Å². The summed E-state index contributed by atoms with van der Waals surface area (Å²) in [6, 6.07) is 1.13. The van der Waals surface area contributed by atoms with Crippen LogP contribution in [0.25, 0.3) is 0 Å². The summed E-state index contributed by atoms with van der Waals surface area (Å²) >= 11 is 0. The highest BCUT2D eigenvalue weighted by molar-refractivity contribution is 6.15. The van der Waals surface area contributed by atoms with Crippen LogP contribution in [0.2, 0.25) is 5.31 Å². The molecule has 4 heteroatoms. The Labute approximate surface area is 150 Å². The van der Waals surface area contributed by atoms with E-state index in [-0.39, 0.29) is 16.4 Å². The van der Waals surface area contributed by atoms with Crippen LogP contribution < -0.4 is 5.73 Å². The second kappa shape index (κ2) is 6.59. The lowest BCUT2D eigenvalue weighted by Gasteiger charge is -2.62. The summed E-state index contributed by atoms with van der Waals surface area (Å²) in [5, 5.41) is -0.0875. The zero-order chi connectivity index (χ0) is 17.6. The number of nitrogens with zero attached hydrogens (tertiary/aromatic N) is 1. The van der Waals surface area contributed by atoms with Gasteiger partial charge in [-0.1, -0.05) is 37.9 Å². The second-order valence-corrected chi connectivity index (χ2v) is 9.57. The van der Waals surface area contributed by atoms with Crippen LogP contribution in [-0.2, 0) is 4.74 Å². The van der Waals surface area contributed by atoms with Crippen LogP contribution in [0.4, 0.5) is 0 Å². The Morgan fingerprint density at radius 3 is 2.46 bits per heavy atom. The molecule has 3 rings (SSSR count). The quantitative estimate of drug-likeness (QED) is 0.784. The highest BCUT2D eigenvalue weighted by Gasteiger charge is 2.55. The Bertz CT molecular complexity index is 449. The van der Waals surface area contributed by atoms with Gasteiger partial charge in [0.1, 0.15) is 0 Å². The van der Waals surface area contributed by atoms with E-state index in [9.17, 15) is 0 Å². The minimum absolute atomic E-state index is 0.0875. The number of likely N-dealkylation sites (tertiary alicyclic amines) is 1. The van der Waals surface area contributed by atoms with Crippen LogP contribution in [0.1, 0.15) is 79.1 Å². The topological polar surface area (TPSA) is 38.5 Å². The summed E-state index contributed by atoms with van der Waals surface area (Å²) in [7, 11) is 6.77. The molecule has 3 nitrogen and oxygen atoms in total. The fourth-order valence-corrected chi connectivity index (χ4v) is 6.07. The van der Waals surface area contributed by atoms with E-state index in [0.29, 0.717) is 18.0 Å². The van der Waals surface area contributed by atoms with Crippen molar-refractivity contribution in [1.29, 1.82) is 0 Å². The smallest absolute Gasteiger partial charge is 0.0747 e. The predicted molar refractivity (Wildman–Crippen MR) is 101 cm³/mol. The van der Waals surface area contributed by atoms with Crippen LogP contribution in [0.3, 0.4) is 0 Å². The largest absolute Gasteiger partial charge is 0.377 e. The van der Waals surface area contributed by atoms with Crippen molar-refractivity contribution < 1.29 is 4.74 Å². The normalized spacial score (nSPS) is 43.6. The monoisotopic (exact) mass is 332 g/mol. The van der Waals surface area contributed by atoms with Crippen molar-refractivity contribution in [1.82, 2.24) is 4.90 Å². The molecule has 2 radical (unpaired) electrons. The molecule has 2 saturated heterocycles. The Balaban J connectivity index is 1.92. The van der Waals surface area contributed by atoms with Crippen LogP contribution in [0.5, 0.6) is 0 Å². The Kier molecular flexibility index (Phi) is 5.14. The first kappa shape index (κ1) is 18.7. The molecule has 0 aromatic carbocycles. The fourth-order valence-electron chi connectivity index (χ4n) is 6.07. The predicted octanol–water partition coefficient (Wildman–Crippen LogP) is 3.66. The van der Waals surface area contributed by atoms with E-state index in [4.69, 9.17) is 18.3 Å². The molecule has 4 unspecified atom stereocenters. The maximum Gasteiger partial charge on any atom is 0.0747 e. The summed E-state index contributed by atoms with van der Waals surface area (Å²) in [5.74, 6) is 0.540.